The number of ether oxygens (including phenoxy) is 1. The Kier molecular flexibility index (Phi) is 3.72. The van der Waals surface area contributed by atoms with E-state index in [0.29, 0.717) is 16.3 Å². The summed E-state index contributed by atoms with van der Waals surface area (Å²) in [6.45, 7) is 1.73. The van der Waals surface area contributed by atoms with Gasteiger partial charge < -0.3 is 4.74 Å². The molecule has 14 heavy (non-hydrogen) atoms. The van der Waals surface area contributed by atoms with Crippen molar-refractivity contribution in [2.45, 2.75) is 6.92 Å². The molecule has 1 aromatic rings. The van der Waals surface area contributed by atoms with Gasteiger partial charge in [0.15, 0.2) is 0 Å². The Morgan fingerprint density at radius 2 is 2.21 bits per heavy atom. The van der Waals surface area contributed by atoms with Crippen LogP contribution in [0.5, 0.6) is 5.75 Å². The summed E-state index contributed by atoms with van der Waals surface area (Å²) in [5, 5.41) is 0.621. The number of aldehydes is 1. The molecule has 74 valence electrons. The lowest BCUT2D eigenvalue weighted by Gasteiger charge is -2.04. The quantitative estimate of drug-likeness (QED) is 0.567. The lowest BCUT2D eigenvalue weighted by Crippen LogP contribution is -1.87. The number of hydrogen-bond donors (Lipinski definition) is 0. The summed E-state index contributed by atoms with van der Waals surface area (Å²) in [7, 11) is 1.58. The maximum absolute atomic E-state index is 10.5. The fourth-order valence-corrected chi connectivity index (χ4v) is 1.28. The number of hydrogen-bond acceptors (Lipinski definition) is 2. The van der Waals surface area contributed by atoms with Gasteiger partial charge in [0.05, 0.1) is 7.11 Å². The third-order valence-corrected chi connectivity index (χ3v) is 2.00. The molecule has 0 bridgehead atoms. The summed E-state index contributed by atoms with van der Waals surface area (Å²) in [5.74, 6) is 0.704. The van der Waals surface area contributed by atoms with Crippen LogP contribution < -0.4 is 4.74 Å². The normalized spacial score (nSPS) is 11.2. The summed E-state index contributed by atoms with van der Waals surface area (Å²) < 4.78 is 5.13. The third-order valence-electron chi connectivity index (χ3n) is 1.76. The molecule has 0 saturated carbocycles. The second kappa shape index (κ2) is 4.82. The highest BCUT2D eigenvalue weighted by Crippen LogP contribution is 2.24. The molecule has 3 heteroatoms. The van der Waals surface area contributed by atoms with Crippen LogP contribution >= 0.6 is 11.6 Å². The Labute approximate surface area is 88.1 Å². The van der Waals surface area contributed by atoms with E-state index >= 15 is 0 Å². The van der Waals surface area contributed by atoms with E-state index in [1.165, 1.54) is 0 Å². The Morgan fingerprint density at radius 1 is 1.50 bits per heavy atom. The van der Waals surface area contributed by atoms with Gasteiger partial charge in [0.25, 0.3) is 0 Å². The molecule has 0 fully saturated rings. The maximum atomic E-state index is 10.5. The number of carbonyl (C=O) groups excluding carboxylic acids is 1. The van der Waals surface area contributed by atoms with Gasteiger partial charge in [0.2, 0.25) is 0 Å². The Balaban J connectivity index is 3.17. The molecule has 1 rings (SSSR count). The van der Waals surface area contributed by atoms with Gasteiger partial charge in [-0.3, -0.25) is 4.79 Å². The van der Waals surface area contributed by atoms with Crippen LogP contribution in [-0.2, 0) is 4.79 Å². The fraction of sp³-hybridized carbons (Fsp3) is 0.182. The van der Waals surface area contributed by atoms with Crippen molar-refractivity contribution in [2.75, 3.05) is 7.11 Å². The van der Waals surface area contributed by atoms with Crippen molar-refractivity contribution in [3.63, 3.8) is 0 Å². The summed E-state index contributed by atoms with van der Waals surface area (Å²) in [6.07, 6.45) is 2.53. The maximum Gasteiger partial charge on any atom is 0.145 e. The van der Waals surface area contributed by atoms with Crippen LogP contribution in [0.15, 0.2) is 23.8 Å². The van der Waals surface area contributed by atoms with E-state index in [2.05, 4.69) is 0 Å². The van der Waals surface area contributed by atoms with Gasteiger partial charge in [0, 0.05) is 10.6 Å². The molecule has 0 radical (unpaired) electrons. The third kappa shape index (κ3) is 2.60. The first-order valence-electron chi connectivity index (χ1n) is 4.14. The van der Waals surface area contributed by atoms with E-state index in [1.54, 1.807) is 38.3 Å². The molecule has 0 atom stereocenters. The van der Waals surface area contributed by atoms with E-state index in [9.17, 15) is 4.79 Å². The molecule has 2 nitrogen and oxygen atoms in total. The van der Waals surface area contributed by atoms with Gasteiger partial charge in [-0.05, 0) is 36.8 Å². The molecular weight excluding hydrogens is 200 g/mol. The number of methoxy groups -OCH3 is 1. The molecule has 0 amide bonds. The van der Waals surface area contributed by atoms with Crippen LogP contribution in [0.25, 0.3) is 6.08 Å². The molecule has 0 N–H and O–H groups in total. The highest BCUT2D eigenvalue weighted by Gasteiger charge is 2.01. The first-order chi connectivity index (χ1) is 6.67. The van der Waals surface area contributed by atoms with Crippen LogP contribution in [-0.4, -0.2) is 13.4 Å². The first kappa shape index (κ1) is 10.8. The SMILES string of the molecule is COc1ccc(Cl)cc1/C=C(\C)C=O. The minimum absolute atomic E-state index is 0.621. The molecule has 0 unspecified atom stereocenters. The van der Waals surface area contributed by atoms with Crippen molar-refractivity contribution >= 4 is 24.0 Å². The number of carbonyl (C=O) groups is 1. The predicted molar refractivity (Wildman–Crippen MR) is 57.7 cm³/mol. The summed E-state index contributed by atoms with van der Waals surface area (Å²) >= 11 is 5.83. The second-order valence-electron chi connectivity index (χ2n) is 2.89. The minimum atomic E-state index is 0.621. The molecular formula is C11H11ClO2. The van der Waals surface area contributed by atoms with Gasteiger partial charge in [-0.15, -0.1) is 0 Å². The monoisotopic (exact) mass is 210 g/mol. The first-order valence-corrected chi connectivity index (χ1v) is 4.52. The average Bonchev–Trinajstić information content (AvgIpc) is 2.18. The lowest BCUT2D eigenvalue weighted by atomic mass is 10.1. The Morgan fingerprint density at radius 3 is 2.79 bits per heavy atom. The standard InChI is InChI=1S/C11H11ClO2/c1-8(7-13)5-9-6-10(12)3-4-11(9)14-2/h3-7H,1-2H3/b8-5+. The van der Waals surface area contributed by atoms with Crippen molar-refractivity contribution in [2.24, 2.45) is 0 Å². The Hall–Kier alpha value is -1.28. The zero-order chi connectivity index (χ0) is 10.6. The van der Waals surface area contributed by atoms with Crippen molar-refractivity contribution in [3.05, 3.63) is 34.4 Å². The largest absolute Gasteiger partial charge is 0.496 e. The topological polar surface area (TPSA) is 26.3 Å². The molecule has 1 aromatic carbocycles. The number of allylic oxidation sites excluding steroid dienone is 1. The summed E-state index contributed by atoms with van der Waals surface area (Å²) in [5.41, 5.74) is 1.44. The highest BCUT2D eigenvalue weighted by atomic mass is 35.5. The molecule has 0 aliphatic carbocycles. The molecule has 0 heterocycles. The number of benzene rings is 1. The van der Waals surface area contributed by atoms with Crippen LogP contribution in [0.4, 0.5) is 0 Å². The minimum Gasteiger partial charge on any atom is -0.496 e. The van der Waals surface area contributed by atoms with Crippen molar-refractivity contribution in [3.8, 4) is 5.75 Å². The molecule has 0 aliphatic heterocycles. The van der Waals surface area contributed by atoms with Crippen LogP contribution in [0.2, 0.25) is 5.02 Å². The van der Waals surface area contributed by atoms with Crippen molar-refractivity contribution in [1.82, 2.24) is 0 Å². The molecule has 0 saturated heterocycles. The van der Waals surface area contributed by atoms with E-state index in [4.69, 9.17) is 16.3 Å². The van der Waals surface area contributed by atoms with Crippen molar-refractivity contribution in [1.29, 1.82) is 0 Å². The smallest absolute Gasteiger partial charge is 0.145 e. The zero-order valence-electron chi connectivity index (χ0n) is 8.08. The molecule has 0 aromatic heterocycles. The number of rotatable bonds is 3. The highest BCUT2D eigenvalue weighted by molar-refractivity contribution is 6.30. The van der Waals surface area contributed by atoms with E-state index in [-0.39, 0.29) is 0 Å². The van der Waals surface area contributed by atoms with Gasteiger partial charge in [-0.25, -0.2) is 0 Å². The van der Waals surface area contributed by atoms with Crippen LogP contribution in [0, 0.1) is 0 Å². The second-order valence-corrected chi connectivity index (χ2v) is 3.33. The Bertz CT molecular complexity index is 370. The number of halogens is 1. The lowest BCUT2D eigenvalue weighted by molar-refractivity contribution is -0.104. The van der Waals surface area contributed by atoms with Gasteiger partial charge in [-0.1, -0.05) is 11.6 Å². The van der Waals surface area contributed by atoms with Crippen LogP contribution in [0.1, 0.15) is 12.5 Å². The van der Waals surface area contributed by atoms with Crippen LogP contribution in [0.3, 0.4) is 0 Å². The van der Waals surface area contributed by atoms with Gasteiger partial charge in [-0.2, -0.15) is 0 Å². The predicted octanol–water partition coefficient (Wildman–Crippen LogP) is 2.95. The summed E-state index contributed by atoms with van der Waals surface area (Å²) in [6, 6.07) is 5.27. The van der Waals surface area contributed by atoms with E-state index in [0.717, 1.165) is 11.8 Å². The average molecular weight is 211 g/mol. The zero-order valence-corrected chi connectivity index (χ0v) is 8.84. The molecule has 0 spiro atoms. The summed E-state index contributed by atoms with van der Waals surface area (Å²) in [4.78, 5) is 10.5. The van der Waals surface area contributed by atoms with E-state index < -0.39 is 0 Å². The fourth-order valence-electron chi connectivity index (χ4n) is 1.10. The van der Waals surface area contributed by atoms with Crippen molar-refractivity contribution < 1.29 is 9.53 Å². The van der Waals surface area contributed by atoms with Gasteiger partial charge >= 0.3 is 0 Å². The molecule has 0 aliphatic rings. The van der Waals surface area contributed by atoms with E-state index in [1.807, 2.05) is 0 Å². The van der Waals surface area contributed by atoms with Gasteiger partial charge in [0.1, 0.15) is 12.0 Å².